The standard InChI is InChI=1S/C14H24N4O/c1-10-8-12(19-4)18-13(17-10)16-9-11-14(2,3)6-5-7-15-11/h8,11,15H,5-7,9H2,1-4H3,(H,16,17,18). The molecule has 0 radical (unpaired) electrons. The smallest absolute Gasteiger partial charge is 0.226 e. The van der Waals surface area contributed by atoms with E-state index in [2.05, 4.69) is 34.4 Å². The van der Waals surface area contributed by atoms with Gasteiger partial charge in [-0.15, -0.1) is 0 Å². The molecule has 1 aliphatic heterocycles. The number of hydrogen-bond donors (Lipinski definition) is 2. The second-order valence-corrected chi connectivity index (χ2v) is 5.86. The van der Waals surface area contributed by atoms with Gasteiger partial charge in [0.25, 0.3) is 0 Å². The molecular formula is C14H24N4O. The predicted octanol–water partition coefficient (Wildman–Crippen LogP) is 1.98. The Bertz CT molecular complexity index is 433. The van der Waals surface area contributed by atoms with Crippen LogP contribution >= 0.6 is 0 Å². The zero-order chi connectivity index (χ0) is 13.9. The van der Waals surface area contributed by atoms with Crippen molar-refractivity contribution < 1.29 is 4.74 Å². The number of methoxy groups -OCH3 is 1. The number of anilines is 1. The fourth-order valence-electron chi connectivity index (χ4n) is 2.54. The van der Waals surface area contributed by atoms with Gasteiger partial charge in [0.05, 0.1) is 7.11 Å². The van der Waals surface area contributed by atoms with E-state index in [4.69, 9.17) is 4.74 Å². The molecule has 1 aliphatic rings. The van der Waals surface area contributed by atoms with Crippen molar-refractivity contribution in [1.82, 2.24) is 15.3 Å². The first-order chi connectivity index (χ1) is 9.01. The molecule has 1 unspecified atom stereocenters. The highest BCUT2D eigenvalue weighted by molar-refractivity contribution is 5.31. The Labute approximate surface area is 115 Å². The number of aryl methyl sites for hydroxylation is 1. The van der Waals surface area contributed by atoms with Gasteiger partial charge < -0.3 is 15.4 Å². The van der Waals surface area contributed by atoms with Crippen LogP contribution in [0.25, 0.3) is 0 Å². The van der Waals surface area contributed by atoms with Gasteiger partial charge in [-0.2, -0.15) is 4.98 Å². The average molecular weight is 264 g/mol. The normalized spacial score (nSPS) is 22.0. The van der Waals surface area contributed by atoms with Crippen molar-refractivity contribution in [3.63, 3.8) is 0 Å². The number of nitrogens with one attached hydrogen (secondary N) is 2. The molecule has 1 fully saturated rings. The summed E-state index contributed by atoms with van der Waals surface area (Å²) in [6, 6.07) is 2.27. The van der Waals surface area contributed by atoms with E-state index >= 15 is 0 Å². The molecule has 1 aromatic heterocycles. The molecule has 0 bridgehead atoms. The first-order valence-corrected chi connectivity index (χ1v) is 6.88. The maximum atomic E-state index is 5.16. The fraction of sp³-hybridized carbons (Fsp3) is 0.714. The summed E-state index contributed by atoms with van der Waals surface area (Å²) in [6.45, 7) is 8.48. The Kier molecular flexibility index (Phi) is 4.24. The summed E-state index contributed by atoms with van der Waals surface area (Å²) < 4.78 is 5.16. The van der Waals surface area contributed by atoms with Crippen molar-refractivity contribution in [3.8, 4) is 5.88 Å². The van der Waals surface area contributed by atoms with Gasteiger partial charge in [-0.1, -0.05) is 13.8 Å². The Morgan fingerprint density at radius 2 is 2.26 bits per heavy atom. The van der Waals surface area contributed by atoms with Crippen LogP contribution < -0.4 is 15.4 Å². The fourth-order valence-corrected chi connectivity index (χ4v) is 2.54. The van der Waals surface area contributed by atoms with Crippen LogP contribution in [0.4, 0.5) is 5.95 Å². The molecule has 0 aromatic carbocycles. The summed E-state index contributed by atoms with van der Waals surface area (Å²) in [7, 11) is 1.62. The van der Waals surface area contributed by atoms with Crippen LogP contribution in [0, 0.1) is 12.3 Å². The van der Waals surface area contributed by atoms with Gasteiger partial charge in [0, 0.05) is 24.3 Å². The van der Waals surface area contributed by atoms with Gasteiger partial charge in [-0.25, -0.2) is 4.98 Å². The molecule has 0 amide bonds. The van der Waals surface area contributed by atoms with Crippen LogP contribution in [0.2, 0.25) is 0 Å². The van der Waals surface area contributed by atoms with E-state index in [-0.39, 0.29) is 0 Å². The summed E-state index contributed by atoms with van der Waals surface area (Å²) in [5.74, 6) is 1.24. The first kappa shape index (κ1) is 14.1. The third kappa shape index (κ3) is 3.56. The molecule has 5 heteroatoms. The number of ether oxygens (including phenoxy) is 1. The Morgan fingerprint density at radius 1 is 1.47 bits per heavy atom. The molecule has 106 valence electrons. The highest BCUT2D eigenvalue weighted by atomic mass is 16.5. The number of hydrogen-bond acceptors (Lipinski definition) is 5. The third-order valence-corrected chi connectivity index (χ3v) is 3.84. The molecule has 0 spiro atoms. The van der Waals surface area contributed by atoms with Crippen LogP contribution in [0.1, 0.15) is 32.4 Å². The van der Waals surface area contributed by atoms with E-state index in [0.717, 1.165) is 18.8 Å². The number of nitrogens with zero attached hydrogens (tertiary/aromatic N) is 2. The Morgan fingerprint density at radius 3 is 2.95 bits per heavy atom. The second kappa shape index (κ2) is 5.74. The van der Waals surface area contributed by atoms with E-state index in [1.807, 2.05) is 13.0 Å². The van der Waals surface area contributed by atoms with E-state index < -0.39 is 0 Å². The average Bonchev–Trinajstić information content (AvgIpc) is 2.36. The second-order valence-electron chi connectivity index (χ2n) is 5.86. The molecule has 0 saturated carbocycles. The monoisotopic (exact) mass is 264 g/mol. The summed E-state index contributed by atoms with van der Waals surface area (Å²) >= 11 is 0. The molecule has 2 N–H and O–H groups in total. The summed E-state index contributed by atoms with van der Waals surface area (Å²) in [5.41, 5.74) is 1.21. The van der Waals surface area contributed by atoms with Crippen molar-refractivity contribution >= 4 is 5.95 Å². The highest BCUT2D eigenvalue weighted by Gasteiger charge is 2.31. The molecule has 2 rings (SSSR count). The minimum atomic E-state index is 0.305. The molecule has 1 atom stereocenters. The lowest BCUT2D eigenvalue weighted by molar-refractivity contribution is 0.188. The molecule has 1 aromatic rings. The predicted molar refractivity (Wildman–Crippen MR) is 76.6 cm³/mol. The topological polar surface area (TPSA) is 59.1 Å². The Hall–Kier alpha value is -1.36. The number of piperidine rings is 1. The molecule has 2 heterocycles. The lowest BCUT2D eigenvalue weighted by Crippen LogP contribution is -2.50. The Balaban J connectivity index is 2.00. The zero-order valence-electron chi connectivity index (χ0n) is 12.3. The maximum Gasteiger partial charge on any atom is 0.226 e. The van der Waals surface area contributed by atoms with E-state index in [1.165, 1.54) is 12.8 Å². The van der Waals surface area contributed by atoms with Crippen LogP contribution in [0.5, 0.6) is 5.88 Å². The van der Waals surface area contributed by atoms with Gasteiger partial charge in [-0.05, 0) is 31.7 Å². The quantitative estimate of drug-likeness (QED) is 0.871. The first-order valence-electron chi connectivity index (χ1n) is 6.88. The van der Waals surface area contributed by atoms with Gasteiger partial charge in [0.2, 0.25) is 11.8 Å². The van der Waals surface area contributed by atoms with Crippen molar-refractivity contribution in [1.29, 1.82) is 0 Å². The summed E-state index contributed by atoms with van der Waals surface area (Å²) in [5, 5.41) is 6.89. The van der Waals surface area contributed by atoms with Crippen molar-refractivity contribution in [2.45, 2.75) is 39.7 Å². The van der Waals surface area contributed by atoms with Crippen LogP contribution in [-0.2, 0) is 0 Å². The summed E-state index contributed by atoms with van der Waals surface area (Å²) in [6.07, 6.45) is 2.50. The molecule has 0 aliphatic carbocycles. The minimum Gasteiger partial charge on any atom is -0.481 e. The van der Waals surface area contributed by atoms with Crippen LogP contribution in [0.3, 0.4) is 0 Å². The van der Waals surface area contributed by atoms with Gasteiger partial charge >= 0.3 is 0 Å². The molecule has 19 heavy (non-hydrogen) atoms. The van der Waals surface area contributed by atoms with Gasteiger partial charge in [0.1, 0.15) is 0 Å². The van der Waals surface area contributed by atoms with E-state index in [1.54, 1.807) is 7.11 Å². The number of rotatable bonds is 4. The molecule has 5 nitrogen and oxygen atoms in total. The van der Waals surface area contributed by atoms with Crippen LogP contribution in [-0.4, -0.2) is 36.2 Å². The highest BCUT2D eigenvalue weighted by Crippen LogP contribution is 2.30. The van der Waals surface area contributed by atoms with Gasteiger partial charge in [-0.3, -0.25) is 0 Å². The van der Waals surface area contributed by atoms with Crippen LogP contribution in [0.15, 0.2) is 6.07 Å². The molecular weight excluding hydrogens is 240 g/mol. The third-order valence-electron chi connectivity index (χ3n) is 3.84. The largest absolute Gasteiger partial charge is 0.481 e. The zero-order valence-corrected chi connectivity index (χ0v) is 12.3. The minimum absolute atomic E-state index is 0.305. The SMILES string of the molecule is COc1cc(C)nc(NCC2NCCCC2(C)C)n1. The van der Waals surface area contributed by atoms with Crippen molar-refractivity contribution in [2.75, 3.05) is 25.5 Å². The van der Waals surface area contributed by atoms with Crippen molar-refractivity contribution in [2.24, 2.45) is 5.41 Å². The summed E-state index contributed by atoms with van der Waals surface area (Å²) in [4.78, 5) is 8.70. The number of aromatic nitrogens is 2. The lowest BCUT2D eigenvalue weighted by Gasteiger charge is -2.39. The van der Waals surface area contributed by atoms with Crippen molar-refractivity contribution in [3.05, 3.63) is 11.8 Å². The maximum absolute atomic E-state index is 5.16. The van der Waals surface area contributed by atoms with E-state index in [9.17, 15) is 0 Å². The molecule has 1 saturated heterocycles. The van der Waals surface area contributed by atoms with Gasteiger partial charge in [0.15, 0.2) is 0 Å². The lowest BCUT2D eigenvalue weighted by atomic mass is 9.77. The van der Waals surface area contributed by atoms with E-state index in [0.29, 0.717) is 23.3 Å².